The van der Waals surface area contributed by atoms with E-state index in [0.29, 0.717) is 0 Å². The van der Waals surface area contributed by atoms with Crippen LogP contribution in [-0.2, 0) is 0 Å². The SMILES string of the molecule is Brc1csc(OCC2CCCCC2)n1. The first kappa shape index (κ1) is 10.4. The van der Waals surface area contributed by atoms with Gasteiger partial charge in [-0.25, -0.2) is 0 Å². The minimum Gasteiger partial charge on any atom is -0.470 e. The largest absolute Gasteiger partial charge is 0.470 e. The molecular formula is C10H14BrNOS. The van der Waals surface area contributed by atoms with Gasteiger partial charge in [-0.15, -0.1) is 0 Å². The second-order valence-electron chi connectivity index (χ2n) is 3.75. The van der Waals surface area contributed by atoms with Gasteiger partial charge in [0.05, 0.1) is 6.61 Å². The van der Waals surface area contributed by atoms with E-state index >= 15 is 0 Å². The lowest BCUT2D eigenvalue weighted by atomic mass is 9.90. The van der Waals surface area contributed by atoms with Crippen LogP contribution in [0.4, 0.5) is 0 Å². The summed E-state index contributed by atoms with van der Waals surface area (Å²) in [6.45, 7) is 0.847. The van der Waals surface area contributed by atoms with E-state index in [-0.39, 0.29) is 0 Å². The Kier molecular flexibility index (Phi) is 3.81. The molecule has 2 nitrogen and oxygen atoms in total. The first-order chi connectivity index (χ1) is 6.84. The van der Waals surface area contributed by atoms with Gasteiger partial charge < -0.3 is 4.74 Å². The summed E-state index contributed by atoms with van der Waals surface area (Å²) in [5.41, 5.74) is 0. The molecule has 1 heterocycles. The minimum atomic E-state index is 0.756. The zero-order valence-corrected chi connectivity index (χ0v) is 10.4. The van der Waals surface area contributed by atoms with E-state index < -0.39 is 0 Å². The van der Waals surface area contributed by atoms with Crippen molar-refractivity contribution >= 4 is 27.3 Å². The molecule has 0 aromatic carbocycles. The van der Waals surface area contributed by atoms with E-state index in [4.69, 9.17) is 4.74 Å². The highest BCUT2D eigenvalue weighted by Crippen LogP contribution is 2.26. The lowest BCUT2D eigenvalue weighted by Crippen LogP contribution is -2.15. The lowest BCUT2D eigenvalue weighted by molar-refractivity contribution is 0.208. The molecule has 1 aliphatic carbocycles. The van der Waals surface area contributed by atoms with Crippen LogP contribution in [0.3, 0.4) is 0 Å². The quantitative estimate of drug-likeness (QED) is 0.836. The van der Waals surface area contributed by atoms with Crippen LogP contribution in [0, 0.1) is 5.92 Å². The molecule has 1 aromatic rings. The van der Waals surface area contributed by atoms with Gasteiger partial charge >= 0.3 is 0 Å². The summed E-state index contributed by atoms with van der Waals surface area (Å²) in [4.78, 5) is 4.21. The van der Waals surface area contributed by atoms with Gasteiger partial charge in [-0.3, -0.25) is 0 Å². The summed E-state index contributed by atoms with van der Waals surface area (Å²) in [6.07, 6.45) is 6.80. The first-order valence-electron chi connectivity index (χ1n) is 5.08. The van der Waals surface area contributed by atoms with Crippen molar-refractivity contribution in [2.75, 3.05) is 6.61 Å². The van der Waals surface area contributed by atoms with Crippen LogP contribution in [0.25, 0.3) is 0 Å². The molecule has 1 saturated carbocycles. The van der Waals surface area contributed by atoms with Crippen molar-refractivity contribution in [1.29, 1.82) is 0 Å². The molecule has 1 aromatic heterocycles. The molecule has 1 fully saturated rings. The van der Waals surface area contributed by atoms with Gasteiger partial charge in [0.2, 0.25) is 0 Å². The van der Waals surface area contributed by atoms with Crippen molar-refractivity contribution < 1.29 is 4.74 Å². The van der Waals surface area contributed by atoms with Crippen LogP contribution < -0.4 is 4.74 Å². The maximum Gasteiger partial charge on any atom is 0.274 e. The number of hydrogen-bond acceptors (Lipinski definition) is 3. The Hall–Kier alpha value is -0.0900. The second kappa shape index (κ2) is 5.12. The Morgan fingerprint density at radius 3 is 2.86 bits per heavy atom. The van der Waals surface area contributed by atoms with E-state index in [9.17, 15) is 0 Å². The molecule has 4 heteroatoms. The molecule has 0 saturated heterocycles. The van der Waals surface area contributed by atoms with Gasteiger partial charge in [0, 0.05) is 5.38 Å². The Morgan fingerprint density at radius 1 is 1.43 bits per heavy atom. The number of nitrogens with zero attached hydrogens (tertiary/aromatic N) is 1. The van der Waals surface area contributed by atoms with Crippen LogP contribution in [-0.4, -0.2) is 11.6 Å². The normalized spacial score (nSPS) is 18.4. The van der Waals surface area contributed by atoms with Crippen molar-refractivity contribution in [3.05, 3.63) is 9.98 Å². The van der Waals surface area contributed by atoms with Crippen molar-refractivity contribution in [3.8, 4) is 5.19 Å². The van der Waals surface area contributed by atoms with Gasteiger partial charge in [0.1, 0.15) is 4.60 Å². The minimum absolute atomic E-state index is 0.756. The third-order valence-corrected chi connectivity index (χ3v) is 4.08. The van der Waals surface area contributed by atoms with E-state index in [1.807, 2.05) is 5.38 Å². The van der Waals surface area contributed by atoms with E-state index in [0.717, 1.165) is 22.3 Å². The molecule has 0 amide bonds. The lowest BCUT2D eigenvalue weighted by Gasteiger charge is -2.20. The molecule has 14 heavy (non-hydrogen) atoms. The number of thiazole rings is 1. The standard InChI is InChI=1S/C10H14BrNOS/c11-9-7-14-10(12-9)13-6-8-4-2-1-3-5-8/h7-8H,1-6H2. The van der Waals surface area contributed by atoms with E-state index in [1.54, 1.807) is 11.3 Å². The highest BCUT2D eigenvalue weighted by Gasteiger charge is 2.14. The predicted molar refractivity (Wildman–Crippen MR) is 61.9 cm³/mol. The monoisotopic (exact) mass is 275 g/mol. The number of ether oxygens (including phenoxy) is 1. The Balaban J connectivity index is 1.76. The molecule has 0 spiro atoms. The fourth-order valence-electron chi connectivity index (χ4n) is 1.85. The molecule has 2 rings (SSSR count). The maximum atomic E-state index is 5.64. The number of aromatic nitrogens is 1. The van der Waals surface area contributed by atoms with Crippen LogP contribution in [0.2, 0.25) is 0 Å². The molecule has 0 aliphatic heterocycles. The maximum absolute atomic E-state index is 5.64. The van der Waals surface area contributed by atoms with Crippen LogP contribution in [0.1, 0.15) is 32.1 Å². The Bertz CT molecular complexity index is 283. The van der Waals surface area contributed by atoms with Crippen LogP contribution in [0.15, 0.2) is 9.98 Å². The van der Waals surface area contributed by atoms with Gasteiger partial charge in [-0.1, -0.05) is 30.6 Å². The van der Waals surface area contributed by atoms with Gasteiger partial charge in [-0.05, 0) is 34.7 Å². The summed E-state index contributed by atoms with van der Waals surface area (Å²) in [5.74, 6) is 0.756. The highest BCUT2D eigenvalue weighted by atomic mass is 79.9. The van der Waals surface area contributed by atoms with Crippen molar-refractivity contribution in [3.63, 3.8) is 0 Å². The topological polar surface area (TPSA) is 22.1 Å². The molecule has 0 bridgehead atoms. The molecule has 1 aliphatic rings. The summed E-state index contributed by atoms with van der Waals surface area (Å²) >= 11 is 4.88. The van der Waals surface area contributed by atoms with Gasteiger partial charge in [0.15, 0.2) is 0 Å². The summed E-state index contributed by atoms with van der Waals surface area (Å²) in [6, 6.07) is 0. The third kappa shape index (κ3) is 2.95. The van der Waals surface area contributed by atoms with Gasteiger partial charge in [0.25, 0.3) is 5.19 Å². The fourth-order valence-corrected chi connectivity index (χ4v) is 2.94. The predicted octanol–water partition coefficient (Wildman–Crippen LogP) is 3.86. The molecular weight excluding hydrogens is 262 g/mol. The number of halogens is 1. The third-order valence-electron chi connectivity index (χ3n) is 2.62. The van der Waals surface area contributed by atoms with Crippen LogP contribution in [0.5, 0.6) is 5.19 Å². The smallest absolute Gasteiger partial charge is 0.274 e. The Morgan fingerprint density at radius 2 is 2.21 bits per heavy atom. The first-order valence-corrected chi connectivity index (χ1v) is 6.75. The zero-order chi connectivity index (χ0) is 9.80. The van der Waals surface area contributed by atoms with Crippen LogP contribution >= 0.6 is 27.3 Å². The molecule has 0 N–H and O–H groups in total. The van der Waals surface area contributed by atoms with E-state index in [1.165, 1.54) is 32.1 Å². The molecule has 0 atom stereocenters. The number of rotatable bonds is 3. The second-order valence-corrected chi connectivity index (χ2v) is 5.38. The number of hydrogen-bond donors (Lipinski definition) is 0. The molecule has 0 unspecified atom stereocenters. The Labute approximate surface area is 96.8 Å². The summed E-state index contributed by atoms with van der Waals surface area (Å²) < 4.78 is 6.52. The van der Waals surface area contributed by atoms with Crippen molar-refractivity contribution in [1.82, 2.24) is 4.98 Å². The zero-order valence-electron chi connectivity index (χ0n) is 8.04. The summed E-state index contributed by atoms with van der Waals surface area (Å²) in [7, 11) is 0. The summed E-state index contributed by atoms with van der Waals surface area (Å²) in [5, 5.41) is 2.75. The van der Waals surface area contributed by atoms with Crippen molar-refractivity contribution in [2.45, 2.75) is 32.1 Å². The molecule has 0 radical (unpaired) electrons. The van der Waals surface area contributed by atoms with E-state index in [2.05, 4.69) is 20.9 Å². The fraction of sp³-hybridized carbons (Fsp3) is 0.700. The molecule has 78 valence electrons. The average Bonchev–Trinajstić information content (AvgIpc) is 2.63. The average molecular weight is 276 g/mol. The highest BCUT2D eigenvalue weighted by molar-refractivity contribution is 9.10. The van der Waals surface area contributed by atoms with Crippen molar-refractivity contribution in [2.24, 2.45) is 5.92 Å². The van der Waals surface area contributed by atoms with Gasteiger partial charge in [-0.2, -0.15) is 4.98 Å².